The average molecular weight is 371 g/mol. The van der Waals surface area contributed by atoms with E-state index in [-0.39, 0.29) is 18.6 Å². The van der Waals surface area contributed by atoms with Crippen molar-refractivity contribution in [2.24, 2.45) is 0 Å². The fourth-order valence-corrected chi connectivity index (χ4v) is 2.91. The quantitative estimate of drug-likeness (QED) is 0.782. The predicted molar refractivity (Wildman–Crippen MR) is 77.8 cm³/mol. The summed E-state index contributed by atoms with van der Waals surface area (Å²) in [5, 5.41) is 0.494. The van der Waals surface area contributed by atoms with Gasteiger partial charge < -0.3 is 4.74 Å². The van der Waals surface area contributed by atoms with Gasteiger partial charge in [0.15, 0.2) is 0 Å². The predicted octanol–water partition coefficient (Wildman–Crippen LogP) is 2.80. The lowest BCUT2D eigenvalue weighted by Crippen LogP contribution is -2.17. The minimum Gasteiger partial charge on any atom is -0.469 e. The summed E-state index contributed by atoms with van der Waals surface area (Å²) in [6, 6.07) is 4.71. The van der Waals surface area contributed by atoms with E-state index in [1.54, 1.807) is 18.2 Å². The number of benzene rings is 1. The van der Waals surface area contributed by atoms with E-state index in [1.807, 2.05) is 0 Å². The van der Waals surface area contributed by atoms with Gasteiger partial charge in [-0.1, -0.05) is 11.6 Å². The topological polar surface area (TPSA) is 72.5 Å². The summed E-state index contributed by atoms with van der Waals surface area (Å²) in [5.41, 5.74) is 0.411. The van der Waals surface area contributed by atoms with E-state index < -0.39 is 16.0 Å². The summed E-state index contributed by atoms with van der Waals surface area (Å²) in [6.45, 7) is 0. The molecule has 0 unspecified atom stereocenters. The number of anilines is 1. The van der Waals surface area contributed by atoms with Gasteiger partial charge in [0.1, 0.15) is 0 Å². The molecule has 1 rings (SSSR count). The van der Waals surface area contributed by atoms with Crippen LogP contribution in [0, 0.1) is 0 Å². The van der Waals surface area contributed by atoms with Gasteiger partial charge in [0.2, 0.25) is 10.0 Å². The molecule has 1 N–H and O–H groups in total. The second kappa shape index (κ2) is 7.12. The largest absolute Gasteiger partial charge is 0.469 e. The molecule has 1 aromatic rings. The highest BCUT2D eigenvalue weighted by Crippen LogP contribution is 2.26. The summed E-state index contributed by atoms with van der Waals surface area (Å²) in [5.74, 6) is -0.577. The molecule has 0 aliphatic carbocycles. The fourth-order valence-electron chi connectivity index (χ4n) is 1.30. The molecule has 0 aliphatic rings. The van der Waals surface area contributed by atoms with Crippen molar-refractivity contribution < 1.29 is 17.9 Å². The molecule has 106 valence electrons. The number of nitrogens with one attached hydrogen (secondary N) is 1. The summed E-state index contributed by atoms with van der Waals surface area (Å²) in [6.07, 6.45) is 0.276. The number of ether oxygens (including phenoxy) is 1. The maximum absolute atomic E-state index is 11.8. The molecule has 8 heteroatoms. The van der Waals surface area contributed by atoms with Gasteiger partial charge in [-0.25, -0.2) is 8.42 Å². The zero-order valence-electron chi connectivity index (χ0n) is 10.2. The standard InChI is InChI=1S/C11H13BrClNO4S/c1-18-11(15)3-2-6-19(16,17)14-8-4-5-10(13)9(12)7-8/h4-5,7,14H,2-3,6H2,1H3. The van der Waals surface area contributed by atoms with Gasteiger partial charge in [-0.3, -0.25) is 9.52 Å². The Morgan fingerprint density at radius 2 is 2.16 bits per heavy atom. The second-order valence-electron chi connectivity index (χ2n) is 3.73. The lowest BCUT2D eigenvalue weighted by molar-refractivity contribution is -0.140. The summed E-state index contributed by atoms with van der Waals surface area (Å²) >= 11 is 9.02. The highest BCUT2D eigenvalue weighted by atomic mass is 79.9. The van der Waals surface area contributed by atoms with E-state index >= 15 is 0 Å². The number of rotatable bonds is 6. The zero-order chi connectivity index (χ0) is 14.5. The smallest absolute Gasteiger partial charge is 0.305 e. The molecule has 0 aliphatic heterocycles. The minimum atomic E-state index is -3.49. The van der Waals surface area contributed by atoms with Crippen LogP contribution in [0.15, 0.2) is 22.7 Å². The van der Waals surface area contributed by atoms with E-state index in [0.29, 0.717) is 15.2 Å². The number of sulfonamides is 1. The van der Waals surface area contributed by atoms with Crippen molar-refractivity contribution in [3.8, 4) is 0 Å². The van der Waals surface area contributed by atoms with Gasteiger partial charge in [0.05, 0.1) is 17.9 Å². The Morgan fingerprint density at radius 3 is 2.74 bits per heavy atom. The third-order valence-electron chi connectivity index (χ3n) is 2.21. The van der Waals surface area contributed by atoms with Crippen LogP contribution >= 0.6 is 27.5 Å². The molecule has 19 heavy (non-hydrogen) atoms. The van der Waals surface area contributed by atoms with Gasteiger partial charge in [-0.2, -0.15) is 0 Å². The molecule has 0 saturated heterocycles. The molecule has 0 heterocycles. The number of hydrogen-bond donors (Lipinski definition) is 1. The third kappa shape index (κ3) is 5.80. The van der Waals surface area contributed by atoms with Crippen LogP contribution in [0.2, 0.25) is 5.02 Å². The normalized spacial score (nSPS) is 11.1. The first-order valence-corrected chi connectivity index (χ1v) is 8.19. The molecule has 0 aromatic heterocycles. The molecule has 0 saturated carbocycles. The van der Waals surface area contributed by atoms with Crippen molar-refractivity contribution in [1.29, 1.82) is 0 Å². The number of esters is 1. The van der Waals surface area contributed by atoms with E-state index in [9.17, 15) is 13.2 Å². The van der Waals surface area contributed by atoms with Crippen LogP contribution in [0.4, 0.5) is 5.69 Å². The Balaban J connectivity index is 2.59. The van der Waals surface area contributed by atoms with Crippen LogP contribution in [0.1, 0.15) is 12.8 Å². The van der Waals surface area contributed by atoms with Crippen LogP contribution < -0.4 is 4.72 Å². The Labute approximate surface area is 125 Å². The molecule has 0 atom stereocenters. The maximum atomic E-state index is 11.8. The highest BCUT2D eigenvalue weighted by Gasteiger charge is 2.12. The van der Waals surface area contributed by atoms with Crippen LogP contribution in [0.25, 0.3) is 0 Å². The summed E-state index contributed by atoms with van der Waals surface area (Å²) in [4.78, 5) is 10.9. The van der Waals surface area contributed by atoms with E-state index in [4.69, 9.17) is 11.6 Å². The Hall–Kier alpha value is -0.790. The minimum absolute atomic E-state index is 0.0712. The third-order valence-corrected chi connectivity index (χ3v) is 4.80. The van der Waals surface area contributed by atoms with Crippen molar-refractivity contribution >= 4 is 49.2 Å². The second-order valence-corrected chi connectivity index (χ2v) is 6.83. The molecule has 5 nitrogen and oxygen atoms in total. The first-order valence-electron chi connectivity index (χ1n) is 5.36. The highest BCUT2D eigenvalue weighted by molar-refractivity contribution is 9.10. The number of hydrogen-bond acceptors (Lipinski definition) is 4. The average Bonchev–Trinajstić information content (AvgIpc) is 2.33. The van der Waals surface area contributed by atoms with Gasteiger partial charge in [-0.05, 0) is 40.5 Å². The van der Waals surface area contributed by atoms with E-state index in [0.717, 1.165) is 0 Å². The van der Waals surface area contributed by atoms with Crippen molar-refractivity contribution in [2.45, 2.75) is 12.8 Å². The first-order chi connectivity index (χ1) is 8.84. The van der Waals surface area contributed by atoms with Crippen LogP contribution in [-0.2, 0) is 19.6 Å². The number of carbonyl (C=O) groups excluding carboxylic acids is 1. The lowest BCUT2D eigenvalue weighted by atomic mass is 10.3. The van der Waals surface area contributed by atoms with Crippen LogP contribution in [0.3, 0.4) is 0 Å². The molecular weight excluding hydrogens is 358 g/mol. The fraction of sp³-hybridized carbons (Fsp3) is 0.364. The maximum Gasteiger partial charge on any atom is 0.305 e. The van der Waals surface area contributed by atoms with Crippen LogP contribution in [-0.4, -0.2) is 27.2 Å². The van der Waals surface area contributed by atoms with Gasteiger partial charge in [0.25, 0.3) is 0 Å². The molecule has 1 aromatic carbocycles. The number of halogens is 2. The first kappa shape index (κ1) is 16.3. The lowest BCUT2D eigenvalue weighted by Gasteiger charge is -2.08. The van der Waals surface area contributed by atoms with Gasteiger partial charge in [-0.15, -0.1) is 0 Å². The number of methoxy groups -OCH3 is 1. The monoisotopic (exact) mass is 369 g/mol. The van der Waals surface area contributed by atoms with Crippen molar-refractivity contribution in [3.05, 3.63) is 27.7 Å². The van der Waals surface area contributed by atoms with E-state index in [2.05, 4.69) is 25.4 Å². The summed E-state index contributed by atoms with van der Waals surface area (Å²) < 4.78 is 31.0. The van der Waals surface area contributed by atoms with Crippen molar-refractivity contribution in [1.82, 2.24) is 0 Å². The van der Waals surface area contributed by atoms with E-state index in [1.165, 1.54) is 7.11 Å². The molecule has 0 fully saturated rings. The van der Waals surface area contributed by atoms with Crippen molar-refractivity contribution in [3.63, 3.8) is 0 Å². The van der Waals surface area contributed by atoms with Crippen LogP contribution in [0.5, 0.6) is 0 Å². The molecule has 0 bridgehead atoms. The number of carbonyl (C=O) groups is 1. The van der Waals surface area contributed by atoms with Gasteiger partial charge >= 0.3 is 5.97 Å². The van der Waals surface area contributed by atoms with Gasteiger partial charge in [0, 0.05) is 16.6 Å². The summed E-state index contributed by atoms with van der Waals surface area (Å²) in [7, 11) is -2.23. The Kier molecular flexibility index (Phi) is 6.09. The molecular formula is C11H13BrClNO4S. The Bertz CT molecular complexity index is 562. The molecule has 0 radical (unpaired) electrons. The zero-order valence-corrected chi connectivity index (χ0v) is 13.3. The Morgan fingerprint density at radius 1 is 1.47 bits per heavy atom. The van der Waals surface area contributed by atoms with Crippen molar-refractivity contribution in [2.75, 3.05) is 17.6 Å². The SMILES string of the molecule is COC(=O)CCCS(=O)(=O)Nc1ccc(Cl)c(Br)c1. The molecule has 0 amide bonds. The molecule has 0 spiro atoms.